The molecule has 108 valence electrons. The Morgan fingerprint density at radius 1 is 1.29 bits per heavy atom. The Morgan fingerprint density at radius 2 is 2.10 bits per heavy atom. The number of carbonyl (C=O) groups is 1. The van der Waals surface area contributed by atoms with Crippen LogP contribution in [0.1, 0.15) is 5.56 Å². The topological polar surface area (TPSA) is 41.1 Å². The Labute approximate surface area is 130 Å². The third-order valence-electron chi connectivity index (χ3n) is 3.58. The molecule has 2 aromatic rings. The van der Waals surface area contributed by atoms with Gasteiger partial charge in [-0.05, 0) is 52.2 Å². The molecule has 1 amide bonds. The molecule has 5 heteroatoms. The van der Waals surface area contributed by atoms with Crippen LogP contribution in [0.5, 0.6) is 0 Å². The van der Waals surface area contributed by atoms with Gasteiger partial charge in [-0.15, -0.1) is 0 Å². The second kappa shape index (κ2) is 5.85. The molecule has 0 aliphatic carbocycles. The number of fused-ring (bicyclic) bond motifs is 1. The second-order valence-electron chi connectivity index (χ2n) is 5.06. The maximum Gasteiger partial charge on any atom is 0.229 e. The van der Waals surface area contributed by atoms with Crippen LogP contribution in [-0.4, -0.2) is 12.5 Å². The Balaban J connectivity index is 1.70. The van der Waals surface area contributed by atoms with Crippen LogP contribution in [0.2, 0.25) is 0 Å². The minimum Gasteiger partial charge on any atom is -0.384 e. The van der Waals surface area contributed by atoms with E-state index >= 15 is 0 Å². The van der Waals surface area contributed by atoms with E-state index in [1.165, 1.54) is 6.07 Å². The van der Waals surface area contributed by atoms with E-state index in [-0.39, 0.29) is 17.6 Å². The molecule has 2 aromatic carbocycles. The van der Waals surface area contributed by atoms with E-state index in [1.54, 1.807) is 12.1 Å². The summed E-state index contributed by atoms with van der Waals surface area (Å²) in [6.07, 6.45) is 0.689. The number of benzene rings is 2. The fourth-order valence-corrected chi connectivity index (χ4v) is 2.69. The molecule has 0 saturated carbocycles. The Morgan fingerprint density at radius 3 is 2.90 bits per heavy atom. The molecule has 0 bridgehead atoms. The molecular weight excluding hydrogens is 335 g/mol. The average molecular weight is 349 g/mol. The Kier molecular flexibility index (Phi) is 3.92. The van der Waals surface area contributed by atoms with Crippen molar-refractivity contribution in [3.05, 3.63) is 58.3 Å². The van der Waals surface area contributed by atoms with Gasteiger partial charge in [0, 0.05) is 17.9 Å². The molecule has 0 aromatic heterocycles. The van der Waals surface area contributed by atoms with Crippen LogP contribution < -0.4 is 10.6 Å². The van der Waals surface area contributed by atoms with Gasteiger partial charge in [0.15, 0.2) is 0 Å². The molecular formula is C16H14BrFN2O. The highest BCUT2D eigenvalue weighted by Crippen LogP contribution is 2.25. The molecule has 3 nitrogen and oxygen atoms in total. The maximum atomic E-state index is 13.5. The van der Waals surface area contributed by atoms with Gasteiger partial charge in [-0.3, -0.25) is 4.79 Å². The lowest BCUT2D eigenvalue weighted by molar-refractivity contribution is -0.119. The van der Waals surface area contributed by atoms with Crippen LogP contribution in [0.4, 0.5) is 15.8 Å². The summed E-state index contributed by atoms with van der Waals surface area (Å²) in [5.74, 6) is -0.648. The number of amides is 1. The third kappa shape index (κ3) is 3.08. The van der Waals surface area contributed by atoms with Gasteiger partial charge < -0.3 is 10.6 Å². The van der Waals surface area contributed by atoms with Crippen molar-refractivity contribution in [2.45, 2.75) is 6.42 Å². The highest BCUT2D eigenvalue weighted by Gasteiger charge is 2.24. The van der Waals surface area contributed by atoms with Crippen molar-refractivity contribution in [3.63, 3.8) is 0 Å². The minimum absolute atomic E-state index is 0.0984. The van der Waals surface area contributed by atoms with Crippen molar-refractivity contribution in [2.75, 3.05) is 17.2 Å². The molecule has 0 spiro atoms. The molecule has 21 heavy (non-hydrogen) atoms. The number of halogens is 2. The minimum atomic E-state index is -0.389. The van der Waals surface area contributed by atoms with Crippen molar-refractivity contribution in [1.29, 1.82) is 0 Å². The van der Waals surface area contributed by atoms with Crippen LogP contribution in [0.15, 0.2) is 46.9 Å². The summed E-state index contributed by atoms with van der Waals surface area (Å²) in [4.78, 5) is 12.3. The molecule has 0 saturated heterocycles. The first-order valence-corrected chi connectivity index (χ1v) is 7.50. The van der Waals surface area contributed by atoms with Crippen molar-refractivity contribution < 1.29 is 9.18 Å². The number of para-hydroxylation sites is 1. The number of rotatable bonds is 2. The van der Waals surface area contributed by atoms with Gasteiger partial charge in [0.1, 0.15) is 5.82 Å². The average Bonchev–Trinajstić information content (AvgIpc) is 2.50. The first kappa shape index (κ1) is 14.1. The standard InChI is InChI=1S/C16H14BrFN2O/c17-13-6-5-12(8-14(13)18)20-16(21)11-7-10-3-1-2-4-15(10)19-9-11/h1-6,8,11,19H,7,9H2,(H,20,21). The quantitative estimate of drug-likeness (QED) is 0.866. The molecule has 0 radical (unpaired) electrons. The van der Waals surface area contributed by atoms with Gasteiger partial charge in [0.25, 0.3) is 0 Å². The van der Waals surface area contributed by atoms with Crippen LogP contribution in [-0.2, 0) is 11.2 Å². The highest BCUT2D eigenvalue weighted by atomic mass is 79.9. The zero-order valence-corrected chi connectivity index (χ0v) is 12.8. The number of hydrogen-bond donors (Lipinski definition) is 2. The summed E-state index contributed by atoms with van der Waals surface area (Å²) in [7, 11) is 0. The van der Waals surface area contributed by atoms with Gasteiger partial charge in [-0.2, -0.15) is 0 Å². The molecule has 1 aliphatic heterocycles. The van der Waals surface area contributed by atoms with Crippen molar-refractivity contribution in [2.24, 2.45) is 5.92 Å². The Hall–Kier alpha value is -1.88. The van der Waals surface area contributed by atoms with Gasteiger partial charge >= 0.3 is 0 Å². The third-order valence-corrected chi connectivity index (χ3v) is 4.22. The SMILES string of the molecule is O=C(Nc1ccc(Br)c(F)c1)C1CNc2ccccc2C1. The van der Waals surface area contributed by atoms with E-state index in [1.807, 2.05) is 24.3 Å². The molecule has 1 aliphatic rings. The molecule has 2 N–H and O–H groups in total. The largest absolute Gasteiger partial charge is 0.384 e. The highest BCUT2D eigenvalue weighted by molar-refractivity contribution is 9.10. The van der Waals surface area contributed by atoms with E-state index < -0.39 is 0 Å². The van der Waals surface area contributed by atoms with Crippen LogP contribution in [0.3, 0.4) is 0 Å². The summed E-state index contributed by atoms with van der Waals surface area (Å²) in [5, 5.41) is 6.03. The fourth-order valence-electron chi connectivity index (χ4n) is 2.45. The second-order valence-corrected chi connectivity index (χ2v) is 5.91. The monoisotopic (exact) mass is 348 g/mol. The van der Waals surface area contributed by atoms with E-state index in [9.17, 15) is 9.18 Å². The van der Waals surface area contributed by atoms with Gasteiger partial charge in [0.05, 0.1) is 10.4 Å². The summed E-state index contributed by atoms with van der Waals surface area (Å²) < 4.78 is 13.8. The predicted octanol–water partition coefficient (Wildman–Crippen LogP) is 3.81. The smallest absolute Gasteiger partial charge is 0.229 e. The van der Waals surface area contributed by atoms with E-state index in [2.05, 4.69) is 26.6 Å². The van der Waals surface area contributed by atoms with Crippen LogP contribution >= 0.6 is 15.9 Å². The number of anilines is 2. The lowest BCUT2D eigenvalue weighted by atomic mass is 9.93. The lowest BCUT2D eigenvalue weighted by Crippen LogP contribution is -2.33. The summed E-state index contributed by atoms with van der Waals surface area (Å²) in [5.41, 5.74) is 2.68. The van der Waals surface area contributed by atoms with Gasteiger partial charge in [-0.25, -0.2) is 4.39 Å². The Bertz CT molecular complexity index is 690. The first-order valence-electron chi connectivity index (χ1n) is 6.71. The van der Waals surface area contributed by atoms with Crippen molar-refractivity contribution >= 4 is 33.2 Å². The van der Waals surface area contributed by atoms with Crippen molar-refractivity contribution in [3.8, 4) is 0 Å². The normalized spacial score (nSPS) is 16.8. The summed E-state index contributed by atoms with van der Waals surface area (Å²) in [6, 6.07) is 12.5. The summed E-state index contributed by atoms with van der Waals surface area (Å²) >= 11 is 3.09. The van der Waals surface area contributed by atoms with Crippen LogP contribution in [0.25, 0.3) is 0 Å². The molecule has 1 unspecified atom stereocenters. The first-order chi connectivity index (χ1) is 10.1. The zero-order valence-electron chi connectivity index (χ0n) is 11.2. The molecule has 1 heterocycles. The lowest BCUT2D eigenvalue weighted by Gasteiger charge is -2.25. The van der Waals surface area contributed by atoms with E-state index in [4.69, 9.17) is 0 Å². The van der Waals surface area contributed by atoms with Crippen molar-refractivity contribution in [1.82, 2.24) is 0 Å². The summed E-state index contributed by atoms with van der Waals surface area (Å²) in [6.45, 7) is 0.585. The molecule has 1 atom stereocenters. The fraction of sp³-hybridized carbons (Fsp3) is 0.188. The molecule has 0 fully saturated rings. The number of carbonyl (C=O) groups excluding carboxylic acids is 1. The van der Waals surface area contributed by atoms with E-state index in [0.29, 0.717) is 23.1 Å². The van der Waals surface area contributed by atoms with E-state index in [0.717, 1.165) is 11.3 Å². The van der Waals surface area contributed by atoms with Crippen LogP contribution in [0, 0.1) is 11.7 Å². The molecule has 3 rings (SSSR count). The van der Waals surface area contributed by atoms with Gasteiger partial charge in [0.2, 0.25) is 5.91 Å². The zero-order chi connectivity index (χ0) is 14.8. The van der Waals surface area contributed by atoms with Gasteiger partial charge in [-0.1, -0.05) is 18.2 Å². The number of nitrogens with one attached hydrogen (secondary N) is 2. The maximum absolute atomic E-state index is 13.5. The number of hydrogen-bond acceptors (Lipinski definition) is 2. The predicted molar refractivity (Wildman–Crippen MR) is 84.9 cm³/mol.